The van der Waals surface area contributed by atoms with Gasteiger partial charge in [0.1, 0.15) is 0 Å². The normalized spacial score (nSPS) is 12.6. The summed E-state index contributed by atoms with van der Waals surface area (Å²) in [5.41, 5.74) is 19.8. The monoisotopic (exact) mass is 911 g/mol. The molecule has 70 heavy (non-hydrogen) atoms. The van der Waals surface area contributed by atoms with E-state index in [2.05, 4.69) is 290 Å². The molecule has 0 bridgehead atoms. The average molecular weight is 911 g/mol. The van der Waals surface area contributed by atoms with Gasteiger partial charge in [-0.3, -0.25) is 0 Å². The first kappa shape index (κ1) is 46.3. The Bertz CT molecular complexity index is 3290. The third-order valence-electron chi connectivity index (χ3n) is 14.2. The minimum atomic E-state index is 0.0743. The number of fused-ring (bicyclic) bond motifs is 3. The van der Waals surface area contributed by atoms with Crippen molar-refractivity contribution in [2.45, 2.75) is 80.1 Å². The second-order valence-corrected chi connectivity index (χ2v) is 22.6. The maximum atomic E-state index is 2.45. The van der Waals surface area contributed by atoms with Crippen LogP contribution in [0.5, 0.6) is 0 Å². The van der Waals surface area contributed by atoms with Crippen LogP contribution in [0.15, 0.2) is 218 Å². The Morgan fingerprint density at radius 3 is 1.10 bits per heavy atom. The maximum Gasteiger partial charge on any atom is 0.0541 e. The number of nitrogens with zero attached hydrogens (tertiary/aromatic N) is 2. The highest BCUT2D eigenvalue weighted by Crippen LogP contribution is 2.45. The van der Waals surface area contributed by atoms with Gasteiger partial charge in [-0.1, -0.05) is 208 Å². The highest BCUT2D eigenvalue weighted by atomic mass is 15.1. The van der Waals surface area contributed by atoms with E-state index in [-0.39, 0.29) is 16.2 Å². The van der Waals surface area contributed by atoms with Crippen molar-refractivity contribution >= 4 is 38.9 Å². The quantitative estimate of drug-likeness (QED) is 0.133. The van der Waals surface area contributed by atoms with Crippen LogP contribution in [0.1, 0.15) is 85.8 Å². The number of hydrogen-bond donors (Lipinski definition) is 0. The van der Waals surface area contributed by atoms with Crippen molar-refractivity contribution in [2.24, 2.45) is 10.8 Å². The molecule has 1 atom stereocenters. The van der Waals surface area contributed by atoms with Crippen LogP contribution in [-0.2, 0) is 5.41 Å². The van der Waals surface area contributed by atoms with E-state index in [1.807, 2.05) is 0 Å². The lowest BCUT2D eigenvalue weighted by atomic mass is 9.69. The summed E-state index contributed by atoms with van der Waals surface area (Å²) in [5.74, 6) is 0.472. The van der Waals surface area contributed by atoms with E-state index in [0.717, 1.165) is 23.5 Å². The summed E-state index contributed by atoms with van der Waals surface area (Å²) in [6.07, 6.45) is 1.15. The van der Waals surface area contributed by atoms with Gasteiger partial charge in [0, 0.05) is 33.5 Å². The van der Waals surface area contributed by atoms with Crippen molar-refractivity contribution in [3.63, 3.8) is 0 Å². The van der Waals surface area contributed by atoms with Crippen molar-refractivity contribution in [1.82, 2.24) is 4.57 Å². The molecular formula is C68H66N2. The van der Waals surface area contributed by atoms with Crippen LogP contribution in [0, 0.1) is 10.8 Å². The fraction of sp³-hybridized carbons (Fsp3) is 0.206. The topological polar surface area (TPSA) is 8.17 Å². The fourth-order valence-electron chi connectivity index (χ4n) is 10.3. The maximum absolute atomic E-state index is 2.45. The van der Waals surface area contributed by atoms with E-state index in [1.165, 1.54) is 83.1 Å². The summed E-state index contributed by atoms with van der Waals surface area (Å²) in [4.78, 5) is 2.36. The zero-order valence-corrected chi connectivity index (χ0v) is 42.5. The molecule has 1 aromatic heterocycles. The number of rotatable bonds is 10. The molecule has 9 aromatic carbocycles. The molecule has 0 aliphatic rings. The van der Waals surface area contributed by atoms with E-state index in [4.69, 9.17) is 0 Å². The summed E-state index contributed by atoms with van der Waals surface area (Å²) in [6, 6.07) is 80.8. The van der Waals surface area contributed by atoms with Gasteiger partial charge in [0.15, 0.2) is 0 Å². The van der Waals surface area contributed by atoms with E-state index in [9.17, 15) is 0 Å². The molecule has 0 saturated carbocycles. The van der Waals surface area contributed by atoms with E-state index in [1.54, 1.807) is 0 Å². The minimum absolute atomic E-state index is 0.0743. The van der Waals surface area contributed by atoms with Crippen LogP contribution < -0.4 is 4.90 Å². The van der Waals surface area contributed by atoms with Gasteiger partial charge in [0.05, 0.1) is 11.0 Å². The fourth-order valence-corrected chi connectivity index (χ4v) is 10.3. The average Bonchev–Trinajstić information content (AvgIpc) is 3.69. The lowest BCUT2D eigenvalue weighted by Crippen LogP contribution is -2.23. The van der Waals surface area contributed by atoms with Gasteiger partial charge in [-0.2, -0.15) is 0 Å². The molecule has 1 heterocycles. The largest absolute Gasteiger partial charge is 0.311 e. The van der Waals surface area contributed by atoms with Crippen LogP contribution >= 0.6 is 0 Å². The van der Waals surface area contributed by atoms with Crippen LogP contribution in [0.2, 0.25) is 0 Å². The molecule has 0 aliphatic carbocycles. The molecule has 2 heteroatoms. The van der Waals surface area contributed by atoms with Crippen LogP contribution in [0.3, 0.4) is 0 Å². The Labute approximate surface area is 416 Å². The number of anilines is 3. The van der Waals surface area contributed by atoms with Gasteiger partial charge < -0.3 is 9.47 Å². The Morgan fingerprint density at radius 2 is 0.729 bits per heavy atom. The SMILES string of the molecule is CC(C)(C)CC(c1ccc(-c2ccc3c(c2)c2cc(-c4ccc(N(c5ccc(-c6ccccc6)cc5)c5ccc(-c6ccccc6)cc5)cc4)ccc2n3-c2ccc(C(C)(C)C)cc2)cc1)C(C)(C)C. The van der Waals surface area contributed by atoms with Crippen LogP contribution in [0.25, 0.3) is 72.0 Å². The summed E-state index contributed by atoms with van der Waals surface area (Å²) < 4.78 is 2.45. The van der Waals surface area contributed by atoms with E-state index < -0.39 is 0 Å². The minimum Gasteiger partial charge on any atom is -0.311 e. The molecule has 1 unspecified atom stereocenters. The predicted octanol–water partition coefficient (Wildman–Crippen LogP) is 19.8. The molecular weight excluding hydrogens is 845 g/mol. The molecule has 0 spiro atoms. The van der Waals surface area contributed by atoms with Gasteiger partial charge >= 0.3 is 0 Å². The number of aromatic nitrogens is 1. The number of benzene rings is 9. The summed E-state index contributed by atoms with van der Waals surface area (Å²) in [5, 5.41) is 2.49. The van der Waals surface area contributed by atoms with Gasteiger partial charge in [0.2, 0.25) is 0 Å². The first-order valence-electron chi connectivity index (χ1n) is 25.1. The van der Waals surface area contributed by atoms with Crippen molar-refractivity contribution in [2.75, 3.05) is 4.90 Å². The zero-order chi connectivity index (χ0) is 48.8. The van der Waals surface area contributed by atoms with Gasteiger partial charge in [-0.25, -0.2) is 0 Å². The second-order valence-electron chi connectivity index (χ2n) is 22.6. The van der Waals surface area contributed by atoms with Gasteiger partial charge in [-0.15, -0.1) is 0 Å². The molecule has 0 aliphatic heterocycles. The second kappa shape index (κ2) is 18.5. The molecule has 0 amide bonds. The van der Waals surface area contributed by atoms with Gasteiger partial charge in [-0.05, 0) is 157 Å². The summed E-state index contributed by atoms with van der Waals surface area (Å²) in [6.45, 7) is 21.1. The van der Waals surface area contributed by atoms with Crippen molar-refractivity contribution in [1.29, 1.82) is 0 Å². The Balaban J connectivity index is 1.04. The Morgan fingerprint density at radius 1 is 0.371 bits per heavy atom. The molecule has 0 fully saturated rings. The Kier molecular flexibility index (Phi) is 12.2. The lowest BCUT2D eigenvalue weighted by molar-refractivity contribution is 0.229. The van der Waals surface area contributed by atoms with E-state index in [0.29, 0.717) is 5.92 Å². The molecule has 0 radical (unpaired) electrons. The molecule has 0 saturated heterocycles. The highest BCUT2D eigenvalue weighted by molar-refractivity contribution is 6.11. The lowest BCUT2D eigenvalue weighted by Gasteiger charge is -2.36. The summed E-state index contributed by atoms with van der Waals surface area (Å²) in [7, 11) is 0. The van der Waals surface area contributed by atoms with Crippen molar-refractivity contribution in [3.8, 4) is 50.2 Å². The summed E-state index contributed by atoms with van der Waals surface area (Å²) >= 11 is 0. The van der Waals surface area contributed by atoms with Crippen LogP contribution in [-0.4, -0.2) is 4.57 Å². The van der Waals surface area contributed by atoms with Crippen LogP contribution in [0.4, 0.5) is 17.1 Å². The zero-order valence-electron chi connectivity index (χ0n) is 42.5. The first-order valence-corrected chi connectivity index (χ1v) is 25.1. The van der Waals surface area contributed by atoms with Crippen molar-refractivity contribution in [3.05, 3.63) is 230 Å². The third-order valence-corrected chi connectivity index (χ3v) is 14.2. The highest BCUT2D eigenvalue weighted by Gasteiger charge is 2.30. The van der Waals surface area contributed by atoms with E-state index >= 15 is 0 Å². The third kappa shape index (κ3) is 9.61. The molecule has 348 valence electrons. The molecule has 10 aromatic rings. The number of hydrogen-bond acceptors (Lipinski definition) is 1. The molecule has 0 N–H and O–H groups in total. The smallest absolute Gasteiger partial charge is 0.0541 e. The Hall–Kier alpha value is -7.42. The molecule has 10 rings (SSSR count). The van der Waals surface area contributed by atoms with Crippen molar-refractivity contribution < 1.29 is 0 Å². The molecule has 2 nitrogen and oxygen atoms in total. The first-order chi connectivity index (χ1) is 33.6. The standard InChI is InChI=1S/C68H66N2/c1-66(2,3)46-63(68(7,8)9)53-22-20-51(21-23-53)54-30-42-64-61(44-54)62-45-55(31-43-65(62)70(64)60-40-32-56(33-41-60)67(4,5)6)52-28-38-59(39-29-52)69(57-34-24-49(25-35-57)47-16-12-10-13-17-47)58-36-26-50(27-37-58)48-18-14-11-15-19-48/h10-45,63H,46H2,1-9H3. The van der Waals surface area contributed by atoms with Gasteiger partial charge in [0.25, 0.3) is 0 Å². The predicted molar refractivity (Wildman–Crippen MR) is 302 cm³/mol.